The Morgan fingerprint density at radius 1 is 1.58 bits per heavy atom. The summed E-state index contributed by atoms with van der Waals surface area (Å²) in [6.45, 7) is 7.81. The Bertz CT molecular complexity index is 343. The molecule has 0 bridgehead atoms. The van der Waals surface area contributed by atoms with Crippen molar-refractivity contribution in [1.29, 1.82) is 0 Å². The average Bonchev–Trinajstić information content (AvgIpc) is 2.84. The van der Waals surface area contributed by atoms with E-state index in [1.165, 1.54) is 0 Å². The highest BCUT2D eigenvalue weighted by Crippen LogP contribution is 2.19. The van der Waals surface area contributed by atoms with Crippen LogP contribution in [0.3, 0.4) is 0 Å². The first-order valence-electron chi connectivity index (χ1n) is 7.15. The van der Waals surface area contributed by atoms with Crippen LogP contribution in [0.25, 0.3) is 0 Å². The van der Waals surface area contributed by atoms with Crippen molar-refractivity contribution in [3.05, 3.63) is 0 Å². The van der Waals surface area contributed by atoms with Crippen molar-refractivity contribution in [1.82, 2.24) is 10.2 Å². The zero-order valence-electron chi connectivity index (χ0n) is 12.3. The van der Waals surface area contributed by atoms with Crippen molar-refractivity contribution >= 4 is 5.91 Å². The predicted molar refractivity (Wildman–Crippen MR) is 76.5 cm³/mol. The number of nitrogens with one attached hydrogen (secondary N) is 1. The van der Waals surface area contributed by atoms with Crippen molar-refractivity contribution in [2.45, 2.75) is 51.7 Å². The van der Waals surface area contributed by atoms with Gasteiger partial charge in [-0.25, -0.2) is 0 Å². The lowest BCUT2D eigenvalue weighted by atomic mass is 9.94. The summed E-state index contributed by atoms with van der Waals surface area (Å²) >= 11 is 0. The molecule has 0 radical (unpaired) electrons. The van der Waals surface area contributed by atoms with Gasteiger partial charge in [0.25, 0.3) is 0 Å². The molecule has 1 fully saturated rings. The average molecular weight is 266 g/mol. The third-order valence-corrected chi connectivity index (χ3v) is 4.22. The lowest BCUT2D eigenvalue weighted by Gasteiger charge is -2.28. The van der Waals surface area contributed by atoms with Crippen LogP contribution in [0.5, 0.6) is 0 Å². The molecule has 1 heterocycles. The van der Waals surface area contributed by atoms with Crippen molar-refractivity contribution in [2.24, 2.45) is 5.92 Å². The maximum absolute atomic E-state index is 12.1. The summed E-state index contributed by atoms with van der Waals surface area (Å²) in [5, 5.41) is 12.5. The highest BCUT2D eigenvalue weighted by molar-refractivity contribution is 5.79. The number of carbonyl (C=O) groups excluding carboxylic acids is 1. The zero-order valence-corrected chi connectivity index (χ0v) is 12.3. The smallest absolute Gasteiger partial charge is 0.235 e. The Hall–Kier alpha value is -1.05. The number of hydrogen-bond acceptors (Lipinski definition) is 3. The summed E-state index contributed by atoms with van der Waals surface area (Å²) < 4.78 is 0. The topological polar surface area (TPSA) is 52.6 Å². The molecule has 0 aromatic rings. The molecule has 2 atom stereocenters. The number of terminal acetylenes is 1. The lowest BCUT2D eigenvalue weighted by Crippen LogP contribution is -2.49. The fourth-order valence-corrected chi connectivity index (χ4v) is 2.58. The van der Waals surface area contributed by atoms with Gasteiger partial charge in [-0.2, -0.15) is 0 Å². The maximum Gasteiger partial charge on any atom is 0.235 e. The molecule has 0 aliphatic carbocycles. The zero-order chi connectivity index (χ0) is 14.5. The van der Waals surface area contributed by atoms with Crippen molar-refractivity contribution < 1.29 is 9.90 Å². The van der Waals surface area contributed by atoms with Gasteiger partial charge in [-0.1, -0.05) is 19.8 Å². The van der Waals surface area contributed by atoms with E-state index in [0.29, 0.717) is 6.54 Å². The van der Waals surface area contributed by atoms with Gasteiger partial charge in [0.05, 0.1) is 12.6 Å². The molecule has 1 saturated heterocycles. The summed E-state index contributed by atoms with van der Waals surface area (Å²) in [6.07, 6.45) is 7.66. The van der Waals surface area contributed by atoms with E-state index in [4.69, 9.17) is 6.42 Å². The maximum atomic E-state index is 12.1. The number of nitrogens with zero attached hydrogens (tertiary/aromatic N) is 1. The monoisotopic (exact) mass is 266 g/mol. The van der Waals surface area contributed by atoms with Crippen LogP contribution >= 0.6 is 0 Å². The van der Waals surface area contributed by atoms with E-state index in [1.807, 2.05) is 20.8 Å². The highest BCUT2D eigenvalue weighted by Gasteiger charge is 2.29. The lowest BCUT2D eigenvalue weighted by molar-refractivity contribution is -0.123. The van der Waals surface area contributed by atoms with Gasteiger partial charge in [0.15, 0.2) is 0 Å². The van der Waals surface area contributed by atoms with Crippen LogP contribution in [0.4, 0.5) is 0 Å². The van der Waals surface area contributed by atoms with Crippen LogP contribution in [-0.4, -0.2) is 47.2 Å². The number of aliphatic hydroxyl groups is 1. The van der Waals surface area contributed by atoms with Crippen molar-refractivity contribution in [2.75, 3.05) is 19.6 Å². The molecule has 19 heavy (non-hydrogen) atoms. The van der Waals surface area contributed by atoms with Gasteiger partial charge in [-0.15, -0.1) is 6.42 Å². The predicted octanol–water partition coefficient (Wildman–Crippen LogP) is 0.997. The normalized spacial score (nSPS) is 21.9. The van der Waals surface area contributed by atoms with Crippen LogP contribution < -0.4 is 5.32 Å². The third-order valence-electron chi connectivity index (χ3n) is 4.22. The van der Waals surface area contributed by atoms with Crippen LogP contribution in [0, 0.1) is 18.3 Å². The Balaban J connectivity index is 2.47. The number of hydrogen-bond donors (Lipinski definition) is 2. The van der Waals surface area contributed by atoms with Gasteiger partial charge in [0.1, 0.15) is 5.54 Å². The third kappa shape index (κ3) is 4.22. The second-order valence-corrected chi connectivity index (χ2v) is 5.51. The quantitative estimate of drug-likeness (QED) is 0.705. The van der Waals surface area contributed by atoms with Crippen molar-refractivity contribution in [3.63, 3.8) is 0 Å². The number of rotatable bonds is 6. The van der Waals surface area contributed by atoms with Crippen LogP contribution in [0.1, 0.15) is 40.0 Å². The van der Waals surface area contributed by atoms with Gasteiger partial charge in [-0.3, -0.25) is 9.69 Å². The van der Waals surface area contributed by atoms with Gasteiger partial charge in [0, 0.05) is 6.54 Å². The Morgan fingerprint density at radius 2 is 2.21 bits per heavy atom. The molecule has 0 saturated carbocycles. The molecule has 108 valence electrons. The fourth-order valence-electron chi connectivity index (χ4n) is 2.58. The van der Waals surface area contributed by atoms with E-state index in [2.05, 4.69) is 16.1 Å². The first-order valence-corrected chi connectivity index (χ1v) is 7.15. The molecule has 4 heteroatoms. The molecule has 4 nitrogen and oxygen atoms in total. The molecular formula is C15H26N2O2. The molecule has 1 rings (SSSR count). The number of likely N-dealkylation sites (tertiary alicyclic amines) is 1. The minimum absolute atomic E-state index is 0.0205. The van der Waals surface area contributed by atoms with Crippen LogP contribution in [-0.2, 0) is 4.79 Å². The molecule has 2 unspecified atom stereocenters. The van der Waals surface area contributed by atoms with Crippen molar-refractivity contribution in [3.8, 4) is 12.3 Å². The van der Waals surface area contributed by atoms with Gasteiger partial charge >= 0.3 is 0 Å². The first-order chi connectivity index (χ1) is 8.96. The number of aliphatic hydroxyl groups excluding tert-OH is 1. The molecule has 2 N–H and O–H groups in total. The first kappa shape index (κ1) is 16.0. The summed E-state index contributed by atoms with van der Waals surface area (Å²) in [5.74, 6) is 2.97. The Kier molecular flexibility index (Phi) is 5.84. The summed E-state index contributed by atoms with van der Waals surface area (Å²) in [4.78, 5) is 14.1. The number of carbonyl (C=O) groups is 1. The van der Waals surface area contributed by atoms with Crippen LogP contribution in [0.2, 0.25) is 0 Å². The largest absolute Gasteiger partial charge is 0.393 e. The molecular weight excluding hydrogens is 240 g/mol. The molecule has 0 spiro atoms. The second-order valence-electron chi connectivity index (χ2n) is 5.51. The second kappa shape index (κ2) is 6.93. The molecule has 0 aromatic carbocycles. The van der Waals surface area contributed by atoms with Gasteiger partial charge < -0.3 is 10.4 Å². The minimum atomic E-state index is -0.513. The molecule has 1 aliphatic rings. The summed E-state index contributed by atoms with van der Waals surface area (Å²) in [6, 6.07) is 0. The van der Waals surface area contributed by atoms with Crippen LogP contribution in [0.15, 0.2) is 0 Å². The van der Waals surface area contributed by atoms with E-state index in [1.54, 1.807) is 0 Å². The van der Waals surface area contributed by atoms with E-state index >= 15 is 0 Å². The summed E-state index contributed by atoms with van der Waals surface area (Å²) in [5.41, 5.74) is -0.513. The standard InChI is InChI=1S/C15H26N2O2/c1-5-15(6-2,7-3)16-14(19)11-17-9-8-13(10-17)12(4)18/h1,12-13,18H,6-11H2,2-4H3,(H,16,19). The van der Waals surface area contributed by atoms with E-state index in [0.717, 1.165) is 32.4 Å². The molecule has 1 amide bonds. The van der Waals surface area contributed by atoms with Gasteiger partial charge in [0.2, 0.25) is 5.91 Å². The minimum Gasteiger partial charge on any atom is -0.393 e. The molecule has 0 aromatic heterocycles. The molecule has 1 aliphatic heterocycles. The van der Waals surface area contributed by atoms with E-state index < -0.39 is 5.54 Å². The Labute approximate surface area is 116 Å². The fraction of sp³-hybridized carbons (Fsp3) is 0.800. The van der Waals surface area contributed by atoms with E-state index in [9.17, 15) is 9.90 Å². The number of amides is 1. The SMILES string of the molecule is C#CC(CC)(CC)NC(=O)CN1CCC(C(C)O)C1. The Morgan fingerprint density at radius 3 is 2.63 bits per heavy atom. The van der Waals surface area contributed by atoms with Gasteiger partial charge in [-0.05, 0) is 38.6 Å². The highest BCUT2D eigenvalue weighted by atomic mass is 16.3. The van der Waals surface area contributed by atoms with E-state index in [-0.39, 0.29) is 17.9 Å². The summed E-state index contributed by atoms with van der Waals surface area (Å²) in [7, 11) is 0.